The maximum Gasteiger partial charge on any atom is 0.197 e. The van der Waals surface area contributed by atoms with Crippen LogP contribution in [0, 0.1) is 0 Å². The van der Waals surface area contributed by atoms with E-state index >= 15 is 0 Å². The van der Waals surface area contributed by atoms with Crippen LogP contribution in [0.2, 0.25) is 0 Å². The minimum atomic E-state index is 0.495. The summed E-state index contributed by atoms with van der Waals surface area (Å²) in [6.45, 7) is 0. The van der Waals surface area contributed by atoms with Gasteiger partial charge in [-0.2, -0.15) is 0 Å². The van der Waals surface area contributed by atoms with E-state index in [2.05, 4.69) is 29.9 Å². The Hall–Kier alpha value is -3.54. The predicted octanol–water partition coefficient (Wildman–Crippen LogP) is 3.06. The standard InChI is InChI=1S/C18H12N6/c1-5-19-6-2-13(1)15-9-21-17(22-10-15)18-23-11-16(12-24-18)14-3-7-20-8-4-14/h1-12H. The van der Waals surface area contributed by atoms with E-state index in [0.717, 1.165) is 22.3 Å². The average molecular weight is 312 g/mol. The van der Waals surface area contributed by atoms with Crippen LogP contribution in [0.25, 0.3) is 33.9 Å². The molecule has 0 fully saturated rings. The van der Waals surface area contributed by atoms with Crippen molar-refractivity contribution in [2.45, 2.75) is 0 Å². The second-order valence-corrected chi connectivity index (χ2v) is 5.06. The molecule has 4 rings (SSSR count). The van der Waals surface area contributed by atoms with Crippen molar-refractivity contribution in [1.82, 2.24) is 29.9 Å². The highest BCUT2D eigenvalue weighted by molar-refractivity contribution is 5.63. The van der Waals surface area contributed by atoms with E-state index in [9.17, 15) is 0 Å². The van der Waals surface area contributed by atoms with Crippen molar-refractivity contribution < 1.29 is 0 Å². The number of hydrogen-bond acceptors (Lipinski definition) is 6. The lowest BCUT2D eigenvalue weighted by molar-refractivity contribution is 1.08. The van der Waals surface area contributed by atoms with Gasteiger partial charge < -0.3 is 0 Å². The molecular weight excluding hydrogens is 300 g/mol. The first-order valence-electron chi connectivity index (χ1n) is 7.35. The van der Waals surface area contributed by atoms with Crippen molar-refractivity contribution in [2.75, 3.05) is 0 Å². The summed E-state index contributed by atoms with van der Waals surface area (Å²) in [7, 11) is 0. The molecule has 0 saturated carbocycles. The molecule has 0 amide bonds. The van der Waals surface area contributed by atoms with Gasteiger partial charge in [0.05, 0.1) is 0 Å². The molecule has 0 N–H and O–H groups in total. The Balaban J connectivity index is 1.60. The van der Waals surface area contributed by atoms with E-state index in [1.807, 2.05) is 24.3 Å². The summed E-state index contributed by atoms with van der Waals surface area (Å²) < 4.78 is 0. The summed E-state index contributed by atoms with van der Waals surface area (Å²) in [6, 6.07) is 7.66. The fourth-order valence-electron chi connectivity index (χ4n) is 2.27. The van der Waals surface area contributed by atoms with Gasteiger partial charge in [-0.3, -0.25) is 9.97 Å². The van der Waals surface area contributed by atoms with Crippen molar-refractivity contribution in [2.24, 2.45) is 0 Å². The average Bonchev–Trinajstić information content (AvgIpc) is 2.70. The molecule has 0 atom stereocenters. The number of rotatable bonds is 3. The second-order valence-electron chi connectivity index (χ2n) is 5.06. The smallest absolute Gasteiger partial charge is 0.197 e. The molecule has 4 aromatic heterocycles. The van der Waals surface area contributed by atoms with E-state index in [1.165, 1.54) is 0 Å². The third kappa shape index (κ3) is 2.85. The van der Waals surface area contributed by atoms with Crippen LogP contribution in [-0.2, 0) is 0 Å². The van der Waals surface area contributed by atoms with E-state index in [4.69, 9.17) is 0 Å². The lowest BCUT2D eigenvalue weighted by Gasteiger charge is -2.03. The third-order valence-corrected chi connectivity index (χ3v) is 3.53. The molecule has 0 spiro atoms. The fraction of sp³-hybridized carbons (Fsp3) is 0. The van der Waals surface area contributed by atoms with Gasteiger partial charge in [0, 0.05) is 60.7 Å². The van der Waals surface area contributed by atoms with E-state index in [-0.39, 0.29) is 0 Å². The van der Waals surface area contributed by atoms with Gasteiger partial charge in [-0.15, -0.1) is 0 Å². The first kappa shape index (κ1) is 14.1. The summed E-state index contributed by atoms with van der Waals surface area (Å²) in [5, 5.41) is 0. The second kappa shape index (κ2) is 6.29. The minimum Gasteiger partial charge on any atom is -0.265 e. The van der Waals surface area contributed by atoms with Crippen molar-refractivity contribution in [1.29, 1.82) is 0 Å². The number of nitrogens with zero attached hydrogens (tertiary/aromatic N) is 6. The van der Waals surface area contributed by atoms with Crippen LogP contribution in [-0.4, -0.2) is 29.9 Å². The molecule has 114 valence electrons. The van der Waals surface area contributed by atoms with Crippen LogP contribution >= 0.6 is 0 Å². The van der Waals surface area contributed by atoms with Gasteiger partial charge in [-0.1, -0.05) is 0 Å². The quantitative estimate of drug-likeness (QED) is 0.578. The predicted molar refractivity (Wildman–Crippen MR) is 89.5 cm³/mol. The molecule has 0 aliphatic rings. The fourth-order valence-corrected chi connectivity index (χ4v) is 2.27. The molecule has 4 heterocycles. The summed E-state index contributed by atoms with van der Waals surface area (Å²) in [5.41, 5.74) is 3.89. The molecule has 0 saturated heterocycles. The monoisotopic (exact) mass is 312 g/mol. The summed E-state index contributed by atoms with van der Waals surface area (Å²) in [5.74, 6) is 0.989. The lowest BCUT2D eigenvalue weighted by Crippen LogP contribution is -1.95. The van der Waals surface area contributed by atoms with Crippen molar-refractivity contribution in [3.05, 3.63) is 73.8 Å². The number of pyridine rings is 2. The van der Waals surface area contributed by atoms with Gasteiger partial charge in [-0.05, 0) is 35.4 Å². The molecule has 6 heteroatoms. The molecule has 0 aliphatic carbocycles. The van der Waals surface area contributed by atoms with Crippen LogP contribution in [0.15, 0.2) is 73.8 Å². The minimum absolute atomic E-state index is 0.495. The van der Waals surface area contributed by atoms with Gasteiger partial charge in [0.1, 0.15) is 0 Å². The molecule has 24 heavy (non-hydrogen) atoms. The van der Waals surface area contributed by atoms with Gasteiger partial charge in [-0.25, -0.2) is 19.9 Å². The molecule has 0 aromatic carbocycles. The van der Waals surface area contributed by atoms with Crippen molar-refractivity contribution in [3.63, 3.8) is 0 Å². The third-order valence-electron chi connectivity index (χ3n) is 3.53. The lowest BCUT2D eigenvalue weighted by atomic mass is 10.1. The van der Waals surface area contributed by atoms with Gasteiger partial charge >= 0.3 is 0 Å². The zero-order chi connectivity index (χ0) is 16.2. The molecule has 0 aliphatic heterocycles. The Kier molecular flexibility index (Phi) is 3.69. The van der Waals surface area contributed by atoms with E-state index in [0.29, 0.717) is 11.6 Å². The normalized spacial score (nSPS) is 10.5. The van der Waals surface area contributed by atoms with E-state index in [1.54, 1.807) is 49.6 Å². The highest BCUT2D eigenvalue weighted by Gasteiger charge is 2.07. The molecule has 0 bridgehead atoms. The molecule has 4 aromatic rings. The van der Waals surface area contributed by atoms with Crippen molar-refractivity contribution in [3.8, 4) is 33.9 Å². The number of hydrogen-bond donors (Lipinski definition) is 0. The molecule has 6 nitrogen and oxygen atoms in total. The van der Waals surface area contributed by atoms with Crippen LogP contribution in [0.1, 0.15) is 0 Å². The maximum absolute atomic E-state index is 4.36. The Morgan fingerprint density at radius 2 is 0.750 bits per heavy atom. The Morgan fingerprint density at radius 1 is 0.417 bits per heavy atom. The largest absolute Gasteiger partial charge is 0.265 e. The summed E-state index contributed by atoms with van der Waals surface area (Å²) in [4.78, 5) is 25.5. The van der Waals surface area contributed by atoms with E-state index < -0.39 is 0 Å². The van der Waals surface area contributed by atoms with Gasteiger partial charge in [0.15, 0.2) is 11.6 Å². The Bertz CT molecular complexity index is 842. The van der Waals surface area contributed by atoms with Crippen LogP contribution in [0.4, 0.5) is 0 Å². The Labute approximate surface area is 138 Å². The van der Waals surface area contributed by atoms with Crippen LogP contribution < -0.4 is 0 Å². The first-order valence-corrected chi connectivity index (χ1v) is 7.35. The molecule has 0 radical (unpaired) electrons. The Morgan fingerprint density at radius 3 is 1.08 bits per heavy atom. The maximum atomic E-state index is 4.36. The highest BCUT2D eigenvalue weighted by Crippen LogP contribution is 2.20. The zero-order valence-electron chi connectivity index (χ0n) is 12.6. The van der Waals surface area contributed by atoms with Crippen LogP contribution in [0.5, 0.6) is 0 Å². The topological polar surface area (TPSA) is 77.3 Å². The molecular formula is C18H12N6. The highest BCUT2D eigenvalue weighted by atomic mass is 15.0. The summed E-state index contributed by atoms with van der Waals surface area (Å²) in [6.07, 6.45) is 14.0. The van der Waals surface area contributed by atoms with Gasteiger partial charge in [0.25, 0.3) is 0 Å². The van der Waals surface area contributed by atoms with Crippen molar-refractivity contribution >= 4 is 0 Å². The first-order chi connectivity index (χ1) is 11.9. The summed E-state index contributed by atoms with van der Waals surface area (Å²) >= 11 is 0. The number of aromatic nitrogens is 6. The van der Waals surface area contributed by atoms with Gasteiger partial charge in [0.2, 0.25) is 0 Å². The SMILES string of the molecule is c1cc(-c2cnc(-c3ncc(-c4ccncc4)cn3)nc2)ccn1. The van der Waals surface area contributed by atoms with Crippen LogP contribution in [0.3, 0.4) is 0 Å². The zero-order valence-corrected chi connectivity index (χ0v) is 12.6. The molecule has 0 unspecified atom stereocenters.